The molecular formula is C23H19NO. The third-order valence-electron chi connectivity index (χ3n) is 4.62. The van der Waals surface area contributed by atoms with Gasteiger partial charge in [0.05, 0.1) is 0 Å². The Labute approximate surface area is 148 Å². The number of benzene rings is 3. The molecule has 4 rings (SSSR count). The molecule has 0 amide bonds. The maximum atomic E-state index is 5.20. The number of hydrogen-bond acceptors (Lipinski definition) is 2. The molecule has 0 fully saturated rings. The summed E-state index contributed by atoms with van der Waals surface area (Å²) >= 11 is 0. The van der Waals surface area contributed by atoms with Gasteiger partial charge in [0.1, 0.15) is 12.8 Å². The van der Waals surface area contributed by atoms with Crippen LogP contribution in [-0.4, -0.2) is 12.8 Å². The molecule has 0 saturated heterocycles. The van der Waals surface area contributed by atoms with Crippen LogP contribution in [0.15, 0.2) is 78.0 Å². The van der Waals surface area contributed by atoms with Gasteiger partial charge in [-0.1, -0.05) is 78.0 Å². The minimum Gasteiger partial charge on any atom is -0.399 e. The Balaban J connectivity index is 2.03. The fourth-order valence-corrected chi connectivity index (χ4v) is 3.39. The molecule has 2 nitrogen and oxygen atoms in total. The third kappa shape index (κ3) is 2.66. The van der Waals surface area contributed by atoms with Gasteiger partial charge in [-0.2, -0.15) is 0 Å². The van der Waals surface area contributed by atoms with Gasteiger partial charge in [0, 0.05) is 11.1 Å². The Morgan fingerprint density at radius 3 is 1.96 bits per heavy atom. The lowest BCUT2D eigenvalue weighted by molar-refractivity contribution is 0.214. The van der Waals surface area contributed by atoms with E-state index in [0.717, 1.165) is 16.8 Å². The highest BCUT2D eigenvalue weighted by atomic mass is 16.6. The van der Waals surface area contributed by atoms with Crippen molar-refractivity contribution in [3.05, 3.63) is 95.1 Å². The summed E-state index contributed by atoms with van der Waals surface area (Å²) < 4.78 is 0. The summed E-state index contributed by atoms with van der Waals surface area (Å²) in [6.45, 7) is 2.13. The molecule has 0 heterocycles. The van der Waals surface area contributed by atoms with Crippen molar-refractivity contribution in [3.8, 4) is 11.1 Å². The fourth-order valence-electron chi connectivity index (χ4n) is 3.39. The fraction of sp³-hybridized carbons (Fsp3) is 0.0870. The third-order valence-corrected chi connectivity index (χ3v) is 4.62. The number of allylic oxidation sites excluding steroid dienone is 1. The van der Waals surface area contributed by atoms with Gasteiger partial charge in [-0.25, -0.2) is 0 Å². The molecule has 0 aliphatic heterocycles. The summed E-state index contributed by atoms with van der Waals surface area (Å²) in [5, 5.41) is 4.38. The number of fused-ring (bicyclic) bond motifs is 3. The molecule has 3 aromatic rings. The molecule has 0 aromatic heterocycles. The van der Waals surface area contributed by atoms with E-state index in [1.54, 1.807) is 7.11 Å². The van der Waals surface area contributed by atoms with Crippen LogP contribution in [0.2, 0.25) is 0 Å². The molecule has 0 bridgehead atoms. The van der Waals surface area contributed by atoms with E-state index in [2.05, 4.69) is 84.9 Å². The quantitative estimate of drug-likeness (QED) is 0.565. The maximum Gasteiger partial charge on any atom is 0.118 e. The van der Waals surface area contributed by atoms with Crippen molar-refractivity contribution in [2.24, 2.45) is 5.16 Å². The van der Waals surface area contributed by atoms with E-state index in [1.165, 1.54) is 27.8 Å². The zero-order valence-electron chi connectivity index (χ0n) is 14.4. The van der Waals surface area contributed by atoms with Crippen LogP contribution in [0.4, 0.5) is 0 Å². The van der Waals surface area contributed by atoms with Gasteiger partial charge in [-0.3, -0.25) is 0 Å². The van der Waals surface area contributed by atoms with E-state index < -0.39 is 0 Å². The first-order valence-corrected chi connectivity index (χ1v) is 8.37. The number of aryl methyl sites for hydroxylation is 1. The summed E-state index contributed by atoms with van der Waals surface area (Å²) in [6, 6.07) is 25.2. The standard InChI is InChI=1S/C23H19NO/c1-16-9-3-4-10-17(16)15-22-20-13-6-5-11-18(20)19-12-7-8-14-21(19)23(22)24-25-2/h3-15H,1-2H3/b22-15+,24-23+. The number of rotatable bonds is 2. The molecule has 0 saturated carbocycles. The topological polar surface area (TPSA) is 21.6 Å². The number of hydrogen-bond donors (Lipinski definition) is 0. The van der Waals surface area contributed by atoms with Gasteiger partial charge in [0.25, 0.3) is 0 Å². The van der Waals surface area contributed by atoms with E-state index in [0.29, 0.717) is 0 Å². The second kappa shape index (κ2) is 6.40. The summed E-state index contributed by atoms with van der Waals surface area (Å²) in [5.74, 6) is 0. The summed E-state index contributed by atoms with van der Waals surface area (Å²) in [7, 11) is 1.60. The molecule has 0 N–H and O–H groups in total. The highest BCUT2D eigenvalue weighted by Gasteiger charge is 2.25. The van der Waals surface area contributed by atoms with Crippen LogP contribution in [0.5, 0.6) is 0 Å². The smallest absolute Gasteiger partial charge is 0.118 e. The monoisotopic (exact) mass is 325 g/mol. The first kappa shape index (κ1) is 15.4. The van der Waals surface area contributed by atoms with Gasteiger partial charge >= 0.3 is 0 Å². The highest BCUT2D eigenvalue weighted by Crippen LogP contribution is 2.40. The van der Waals surface area contributed by atoms with Crippen LogP contribution in [0, 0.1) is 6.92 Å². The molecule has 0 radical (unpaired) electrons. The molecular weight excluding hydrogens is 306 g/mol. The van der Waals surface area contributed by atoms with Crippen molar-refractivity contribution in [3.63, 3.8) is 0 Å². The van der Waals surface area contributed by atoms with Gasteiger partial charge in [-0.05, 0) is 40.8 Å². The van der Waals surface area contributed by atoms with E-state index in [1.807, 2.05) is 6.07 Å². The summed E-state index contributed by atoms with van der Waals surface area (Å²) in [4.78, 5) is 5.20. The lowest BCUT2D eigenvalue weighted by Gasteiger charge is -2.24. The van der Waals surface area contributed by atoms with Gasteiger partial charge in [-0.15, -0.1) is 0 Å². The molecule has 0 atom stereocenters. The number of oxime groups is 1. The predicted molar refractivity (Wildman–Crippen MR) is 104 cm³/mol. The highest BCUT2D eigenvalue weighted by molar-refractivity contribution is 6.39. The second-order valence-electron chi connectivity index (χ2n) is 6.13. The van der Waals surface area contributed by atoms with Crippen molar-refractivity contribution >= 4 is 17.4 Å². The van der Waals surface area contributed by atoms with Crippen molar-refractivity contribution in [2.75, 3.05) is 7.11 Å². The van der Waals surface area contributed by atoms with Gasteiger partial charge in [0.2, 0.25) is 0 Å². The maximum absolute atomic E-state index is 5.20. The first-order chi connectivity index (χ1) is 12.3. The lowest BCUT2D eigenvalue weighted by Crippen LogP contribution is -2.13. The summed E-state index contributed by atoms with van der Waals surface area (Å²) in [5.41, 5.74) is 9.09. The largest absolute Gasteiger partial charge is 0.399 e. The van der Waals surface area contributed by atoms with Crippen LogP contribution in [-0.2, 0) is 4.84 Å². The van der Waals surface area contributed by atoms with Crippen LogP contribution < -0.4 is 0 Å². The van der Waals surface area contributed by atoms with Crippen molar-refractivity contribution < 1.29 is 4.84 Å². The van der Waals surface area contributed by atoms with Gasteiger partial charge in [0.15, 0.2) is 0 Å². The molecule has 122 valence electrons. The number of nitrogens with zero attached hydrogens (tertiary/aromatic N) is 1. The SMILES string of the molecule is CO/N=C1/C(=C/c2ccccc2C)c2ccccc2-c2ccccc21. The van der Waals surface area contributed by atoms with Crippen LogP contribution in [0.1, 0.15) is 22.3 Å². The minimum absolute atomic E-state index is 0.875. The Hall–Kier alpha value is -3.13. The normalized spacial score (nSPS) is 15.8. The van der Waals surface area contributed by atoms with Crippen LogP contribution >= 0.6 is 0 Å². The Bertz CT molecular complexity index is 998. The second-order valence-corrected chi connectivity index (χ2v) is 6.13. The zero-order chi connectivity index (χ0) is 17.2. The van der Waals surface area contributed by atoms with E-state index in [9.17, 15) is 0 Å². The van der Waals surface area contributed by atoms with E-state index in [4.69, 9.17) is 4.84 Å². The Morgan fingerprint density at radius 2 is 1.28 bits per heavy atom. The van der Waals surface area contributed by atoms with Gasteiger partial charge < -0.3 is 4.84 Å². The molecule has 2 heteroatoms. The van der Waals surface area contributed by atoms with Crippen molar-refractivity contribution in [1.29, 1.82) is 0 Å². The Kier molecular flexibility index (Phi) is 3.95. The van der Waals surface area contributed by atoms with Crippen LogP contribution in [0.25, 0.3) is 22.8 Å². The molecule has 1 aliphatic carbocycles. The molecule has 0 spiro atoms. The van der Waals surface area contributed by atoms with E-state index in [-0.39, 0.29) is 0 Å². The predicted octanol–water partition coefficient (Wildman–Crippen LogP) is 5.57. The molecule has 1 aliphatic rings. The van der Waals surface area contributed by atoms with E-state index >= 15 is 0 Å². The van der Waals surface area contributed by atoms with Crippen molar-refractivity contribution in [2.45, 2.75) is 6.92 Å². The molecule has 0 unspecified atom stereocenters. The van der Waals surface area contributed by atoms with Crippen LogP contribution in [0.3, 0.4) is 0 Å². The first-order valence-electron chi connectivity index (χ1n) is 8.37. The zero-order valence-corrected chi connectivity index (χ0v) is 14.4. The van der Waals surface area contributed by atoms with Crippen molar-refractivity contribution in [1.82, 2.24) is 0 Å². The summed E-state index contributed by atoms with van der Waals surface area (Å²) in [6.07, 6.45) is 2.21. The average molecular weight is 325 g/mol. The molecule has 25 heavy (non-hydrogen) atoms. The molecule has 3 aromatic carbocycles. The average Bonchev–Trinajstić information content (AvgIpc) is 2.66. The minimum atomic E-state index is 0.875. The Morgan fingerprint density at radius 1 is 0.720 bits per heavy atom. The lowest BCUT2D eigenvalue weighted by atomic mass is 9.80.